The fraction of sp³-hybridized carbons (Fsp3) is 0.462. The second-order valence-electron chi connectivity index (χ2n) is 3.84. The Labute approximate surface area is 112 Å². The smallest absolute Gasteiger partial charge is 0.323 e. The number of carbonyl (C=O) groups is 1. The van der Waals surface area contributed by atoms with Crippen molar-refractivity contribution in [3.63, 3.8) is 0 Å². The van der Waals surface area contributed by atoms with Crippen molar-refractivity contribution in [2.45, 2.75) is 19.1 Å². The summed E-state index contributed by atoms with van der Waals surface area (Å²) in [5.74, 6) is 1.29. The molecular weight excluding hydrogens is 250 g/mol. The lowest BCUT2D eigenvalue weighted by Gasteiger charge is -2.11. The third-order valence-electron chi connectivity index (χ3n) is 2.48. The van der Waals surface area contributed by atoms with Gasteiger partial charge in [0.05, 0.1) is 7.11 Å². The van der Waals surface area contributed by atoms with E-state index in [0.717, 1.165) is 17.1 Å². The first kappa shape index (κ1) is 14.9. The van der Waals surface area contributed by atoms with Gasteiger partial charge in [0.15, 0.2) is 0 Å². The fourth-order valence-corrected chi connectivity index (χ4v) is 1.84. The topological polar surface area (TPSA) is 61.5 Å². The predicted octanol–water partition coefficient (Wildman–Crippen LogP) is 1.82. The summed E-state index contributed by atoms with van der Waals surface area (Å²) in [5, 5.41) is 0. The molecule has 1 aromatic rings. The minimum absolute atomic E-state index is 0.246. The van der Waals surface area contributed by atoms with Crippen LogP contribution in [-0.4, -0.2) is 31.1 Å². The molecule has 0 saturated heterocycles. The number of nitrogens with two attached hydrogens (primary N) is 1. The van der Waals surface area contributed by atoms with Crippen LogP contribution in [-0.2, 0) is 16.1 Å². The molecule has 1 rings (SSSR count). The van der Waals surface area contributed by atoms with Crippen LogP contribution in [0.5, 0.6) is 5.75 Å². The molecule has 0 saturated carbocycles. The highest BCUT2D eigenvalue weighted by Gasteiger charge is 2.14. The summed E-state index contributed by atoms with van der Waals surface area (Å²) < 4.78 is 10.2. The minimum atomic E-state index is -0.532. The molecule has 100 valence electrons. The molecule has 18 heavy (non-hydrogen) atoms. The van der Waals surface area contributed by atoms with E-state index in [4.69, 9.17) is 15.2 Å². The number of methoxy groups -OCH3 is 1. The summed E-state index contributed by atoms with van der Waals surface area (Å²) in [7, 11) is 1.61. The highest BCUT2D eigenvalue weighted by atomic mass is 32.2. The van der Waals surface area contributed by atoms with Gasteiger partial charge in [-0.2, -0.15) is 11.8 Å². The van der Waals surface area contributed by atoms with Crippen molar-refractivity contribution < 1.29 is 14.3 Å². The third kappa shape index (κ3) is 4.98. The van der Waals surface area contributed by atoms with Crippen LogP contribution in [0.25, 0.3) is 0 Å². The monoisotopic (exact) mass is 269 g/mol. The lowest BCUT2D eigenvalue weighted by Crippen LogP contribution is -2.32. The summed E-state index contributed by atoms with van der Waals surface area (Å²) in [6, 6.07) is 6.85. The number of esters is 1. The van der Waals surface area contributed by atoms with Crippen molar-refractivity contribution in [3.05, 3.63) is 29.8 Å². The highest BCUT2D eigenvalue weighted by molar-refractivity contribution is 7.98. The highest BCUT2D eigenvalue weighted by Crippen LogP contribution is 2.12. The standard InChI is InChI=1S/C13H19NO3S/c1-16-11-5-3-10(4-6-11)9-17-13(15)12(14)7-8-18-2/h3-6,12H,7-9,14H2,1-2H3. The fourth-order valence-electron chi connectivity index (χ4n) is 1.35. The first-order valence-electron chi connectivity index (χ1n) is 5.71. The summed E-state index contributed by atoms with van der Waals surface area (Å²) in [6.07, 6.45) is 2.62. The number of benzene rings is 1. The molecular formula is C13H19NO3S. The van der Waals surface area contributed by atoms with Gasteiger partial charge in [-0.3, -0.25) is 4.79 Å². The van der Waals surface area contributed by atoms with Gasteiger partial charge in [0.1, 0.15) is 18.4 Å². The zero-order valence-electron chi connectivity index (χ0n) is 10.7. The van der Waals surface area contributed by atoms with E-state index in [2.05, 4.69) is 0 Å². The van der Waals surface area contributed by atoms with Crippen LogP contribution in [0, 0.1) is 0 Å². The van der Waals surface area contributed by atoms with E-state index in [-0.39, 0.29) is 12.6 Å². The quantitative estimate of drug-likeness (QED) is 0.765. The van der Waals surface area contributed by atoms with Gasteiger partial charge in [-0.1, -0.05) is 12.1 Å². The maximum atomic E-state index is 11.6. The second-order valence-corrected chi connectivity index (χ2v) is 4.83. The van der Waals surface area contributed by atoms with Crippen LogP contribution >= 0.6 is 11.8 Å². The number of rotatable bonds is 7. The van der Waals surface area contributed by atoms with E-state index in [1.54, 1.807) is 18.9 Å². The average Bonchev–Trinajstić information content (AvgIpc) is 2.42. The van der Waals surface area contributed by atoms with Crippen LogP contribution in [0.1, 0.15) is 12.0 Å². The molecule has 1 atom stereocenters. The SMILES string of the molecule is COc1ccc(COC(=O)C(N)CCSC)cc1. The van der Waals surface area contributed by atoms with Crippen molar-refractivity contribution in [1.82, 2.24) is 0 Å². The molecule has 1 aromatic carbocycles. The van der Waals surface area contributed by atoms with Gasteiger partial charge in [0, 0.05) is 0 Å². The Morgan fingerprint density at radius 3 is 2.61 bits per heavy atom. The molecule has 1 unspecified atom stereocenters. The predicted molar refractivity (Wildman–Crippen MR) is 73.8 cm³/mol. The lowest BCUT2D eigenvalue weighted by molar-refractivity contribution is -0.146. The maximum absolute atomic E-state index is 11.6. The van der Waals surface area contributed by atoms with Crippen molar-refractivity contribution in [2.24, 2.45) is 5.73 Å². The van der Waals surface area contributed by atoms with E-state index < -0.39 is 6.04 Å². The molecule has 2 N–H and O–H groups in total. The van der Waals surface area contributed by atoms with Crippen LogP contribution in [0.2, 0.25) is 0 Å². The van der Waals surface area contributed by atoms with Gasteiger partial charge in [-0.05, 0) is 36.1 Å². The number of hydrogen-bond donors (Lipinski definition) is 1. The molecule has 0 spiro atoms. The Morgan fingerprint density at radius 1 is 1.39 bits per heavy atom. The van der Waals surface area contributed by atoms with Crippen LogP contribution in [0.4, 0.5) is 0 Å². The number of carbonyl (C=O) groups excluding carboxylic acids is 1. The Kier molecular flexibility index (Phi) is 6.60. The zero-order valence-corrected chi connectivity index (χ0v) is 11.5. The summed E-state index contributed by atoms with van der Waals surface area (Å²) >= 11 is 1.66. The van der Waals surface area contributed by atoms with Crippen molar-refractivity contribution in [1.29, 1.82) is 0 Å². The molecule has 0 bridgehead atoms. The van der Waals surface area contributed by atoms with Gasteiger partial charge >= 0.3 is 5.97 Å². The van der Waals surface area contributed by atoms with Crippen molar-refractivity contribution in [2.75, 3.05) is 19.1 Å². The van der Waals surface area contributed by atoms with E-state index in [9.17, 15) is 4.79 Å². The van der Waals surface area contributed by atoms with E-state index in [1.165, 1.54) is 0 Å². The molecule has 4 nitrogen and oxygen atoms in total. The Morgan fingerprint density at radius 2 is 2.06 bits per heavy atom. The van der Waals surface area contributed by atoms with Crippen LogP contribution in [0.15, 0.2) is 24.3 Å². The largest absolute Gasteiger partial charge is 0.497 e. The molecule has 5 heteroatoms. The van der Waals surface area contributed by atoms with Gasteiger partial charge in [-0.25, -0.2) is 0 Å². The van der Waals surface area contributed by atoms with Crippen molar-refractivity contribution >= 4 is 17.7 Å². The number of hydrogen-bond acceptors (Lipinski definition) is 5. The Balaban J connectivity index is 2.37. The molecule has 0 aliphatic carbocycles. The first-order valence-corrected chi connectivity index (χ1v) is 7.11. The van der Waals surface area contributed by atoms with E-state index >= 15 is 0 Å². The van der Waals surface area contributed by atoms with Gasteiger partial charge < -0.3 is 15.2 Å². The Hall–Kier alpha value is -1.20. The normalized spacial score (nSPS) is 11.9. The molecule has 0 aromatic heterocycles. The third-order valence-corrected chi connectivity index (χ3v) is 3.12. The summed E-state index contributed by atoms with van der Waals surface area (Å²) in [5.41, 5.74) is 6.62. The number of ether oxygens (including phenoxy) is 2. The molecule has 0 aliphatic rings. The summed E-state index contributed by atoms with van der Waals surface area (Å²) in [4.78, 5) is 11.6. The second kappa shape index (κ2) is 8.00. The molecule has 0 heterocycles. The van der Waals surface area contributed by atoms with Gasteiger partial charge in [0.25, 0.3) is 0 Å². The first-order chi connectivity index (χ1) is 8.67. The number of thioether (sulfide) groups is 1. The maximum Gasteiger partial charge on any atom is 0.323 e. The molecule has 0 amide bonds. The van der Waals surface area contributed by atoms with Crippen LogP contribution in [0.3, 0.4) is 0 Å². The Bertz CT molecular complexity index is 367. The minimum Gasteiger partial charge on any atom is -0.497 e. The van der Waals surface area contributed by atoms with Crippen molar-refractivity contribution in [3.8, 4) is 5.75 Å². The van der Waals surface area contributed by atoms with Gasteiger partial charge in [0.2, 0.25) is 0 Å². The molecule has 0 radical (unpaired) electrons. The van der Waals surface area contributed by atoms with Crippen LogP contribution < -0.4 is 10.5 Å². The zero-order chi connectivity index (χ0) is 13.4. The lowest BCUT2D eigenvalue weighted by atomic mass is 10.2. The summed E-state index contributed by atoms with van der Waals surface area (Å²) in [6.45, 7) is 0.246. The average molecular weight is 269 g/mol. The molecule has 0 aliphatic heterocycles. The van der Waals surface area contributed by atoms with Gasteiger partial charge in [-0.15, -0.1) is 0 Å². The van der Waals surface area contributed by atoms with E-state index in [1.807, 2.05) is 30.5 Å². The van der Waals surface area contributed by atoms with E-state index in [0.29, 0.717) is 6.42 Å². The molecule has 0 fully saturated rings.